The molecule has 0 atom stereocenters. The molecule has 2 N–H and O–H groups in total. The predicted octanol–water partition coefficient (Wildman–Crippen LogP) is 3.88. The molecule has 0 aliphatic heterocycles. The third-order valence-corrected chi connectivity index (χ3v) is 3.79. The summed E-state index contributed by atoms with van der Waals surface area (Å²) in [5, 5.41) is 0.467. The molecule has 2 heterocycles. The summed E-state index contributed by atoms with van der Waals surface area (Å²) >= 11 is 5.89. The molecule has 134 valence electrons. The van der Waals surface area contributed by atoms with Gasteiger partial charge in [0.25, 0.3) is 0 Å². The fourth-order valence-electron chi connectivity index (χ4n) is 2.17. The molecule has 1 aromatic carbocycles. The zero-order chi connectivity index (χ0) is 18.4. The zero-order valence-corrected chi connectivity index (χ0v) is 14.9. The molecule has 3 aromatic rings. The Morgan fingerprint density at radius 2 is 1.65 bits per heavy atom. The van der Waals surface area contributed by atoms with Crippen LogP contribution in [0, 0.1) is 0 Å². The highest BCUT2D eigenvalue weighted by atomic mass is 35.5. The molecule has 6 nitrogen and oxygen atoms in total. The van der Waals surface area contributed by atoms with E-state index in [-0.39, 0.29) is 0 Å². The number of rotatable bonds is 7. The molecule has 0 bridgehead atoms. The van der Waals surface area contributed by atoms with Crippen molar-refractivity contribution in [2.45, 2.75) is 13.2 Å². The van der Waals surface area contributed by atoms with Crippen molar-refractivity contribution in [2.24, 2.45) is 0 Å². The van der Waals surface area contributed by atoms with Crippen LogP contribution in [0.25, 0.3) is 0 Å². The maximum atomic E-state index is 5.89. The number of hydrogen-bond donors (Lipinski definition) is 1. The van der Waals surface area contributed by atoms with Crippen molar-refractivity contribution in [1.29, 1.82) is 0 Å². The van der Waals surface area contributed by atoms with Gasteiger partial charge in [0.05, 0.1) is 12.1 Å². The van der Waals surface area contributed by atoms with Crippen LogP contribution in [0.2, 0.25) is 5.02 Å². The molecule has 0 radical (unpaired) electrons. The number of halogens is 1. The van der Waals surface area contributed by atoms with E-state index < -0.39 is 0 Å². The average molecular weight is 372 g/mol. The van der Waals surface area contributed by atoms with Crippen LogP contribution in [-0.2, 0) is 13.2 Å². The lowest BCUT2D eigenvalue weighted by Gasteiger charge is -2.09. The van der Waals surface area contributed by atoms with Crippen LogP contribution >= 0.6 is 11.6 Å². The van der Waals surface area contributed by atoms with Crippen molar-refractivity contribution in [3.63, 3.8) is 0 Å². The van der Waals surface area contributed by atoms with Crippen molar-refractivity contribution in [3.05, 3.63) is 71.0 Å². The van der Waals surface area contributed by atoms with Gasteiger partial charge in [0.15, 0.2) is 11.6 Å². The topological polar surface area (TPSA) is 79.5 Å². The summed E-state index contributed by atoms with van der Waals surface area (Å²) in [6.45, 7) is 0.732. The Morgan fingerprint density at radius 3 is 2.35 bits per heavy atom. The molecule has 3 rings (SSSR count). The quantitative estimate of drug-likeness (QED) is 0.679. The second-order valence-corrected chi connectivity index (χ2v) is 5.90. The minimum absolute atomic E-state index is 0.293. The second kappa shape index (κ2) is 8.40. The van der Waals surface area contributed by atoms with Crippen LogP contribution in [0.4, 0.5) is 5.82 Å². The highest BCUT2D eigenvalue weighted by Crippen LogP contribution is 2.23. The van der Waals surface area contributed by atoms with Crippen LogP contribution in [0.1, 0.15) is 11.1 Å². The van der Waals surface area contributed by atoms with Crippen LogP contribution in [0.3, 0.4) is 0 Å². The number of nitrogens with two attached hydrogens (primary N) is 1. The number of anilines is 1. The van der Waals surface area contributed by atoms with Gasteiger partial charge in [-0.2, -0.15) is 0 Å². The van der Waals surface area contributed by atoms with Gasteiger partial charge in [-0.15, -0.1) is 0 Å². The molecule has 7 heteroatoms. The summed E-state index contributed by atoms with van der Waals surface area (Å²) in [7, 11) is 1.64. The SMILES string of the molecule is COc1ccc(COc2ccc(COc3cc(Cl)cnc3N)cn2)cc1. The smallest absolute Gasteiger partial charge is 0.213 e. The number of hydrogen-bond acceptors (Lipinski definition) is 6. The number of methoxy groups -OCH3 is 1. The molecular weight excluding hydrogens is 354 g/mol. The standard InChI is InChI=1S/C19H18ClN3O3/c1-24-16-5-2-13(3-6-16)11-26-18-7-4-14(9-22-18)12-25-17-8-15(20)10-23-19(17)21/h2-10H,11-12H2,1H3,(H2,21,23). The Hall–Kier alpha value is -2.99. The van der Waals surface area contributed by atoms with Crippen molar-refractivity contribution < 1.29 is 14.2 Å². The zero-order valence-electron chi connectivity index (χ0n) is 14.2. The maximum absolute atomic E-state index is 5.89. The summed E-state index contributed by atoms with van der Waals surface area (Å²) in [4.78, 5) is 8.23. The Labute approximate surface area is 156 Å². The lowest BCUT2D eigenvalue weighted by molar-refractivity contribution is 0.290. The van der Waals surface area contributed by atoms with Gasteiger partial charge in [-0.3, -0.25) is 0 Å². The second-order valence-electron chi connectivity index (χ2n) is 5.47. The van der Waals surface area contributed by atoms with Gasteiger partial charge in [0.2, 0.25) is 5.88 Å². The van der Waals surface area contributed by atoms with Gasteiger partial charge >= 0.3 is 0 Å². The molecule has 0 aliphatic carbocycles. The summed E-state index contributed by atoms with van der Waals surface area (Å²) in [5.74, 6) is 2.08. The third-order valence-electron chi connectivity index (χ3n) is 3.59. The molecular formula is C19H18ClN3O3. The van der Waals surface area contributed by atoms with Crippen molar-refractivity contribution in [2.75, 3.05) is 12.8 Å². The largest absolute Gasteiger partial charge is 0.497 e. The molecule has 0 amide bonds. The van der Waals surface area contributed by atoms with Crippen molar-refractivity contribution >= 4 is 17.4 Å². The minimum atomic E-state index is 0.293. The number of ether oxygens (including phenoxy) is 3. The van der Waals surface area contributed by atoms with Gasteiger partial charge in [-0.1, -0.05) is 23.7 Å². The van der Waals surface area contributed by atoms with Gasteiger partial charge in [0, 0.05) is 30.1 Å². The number of aromatic nitrogens is 2. The molecule has 0 aliphatic rings. The third kappa shape index (κ3) is 4.77. The monoisotopic (exact) mass is 371 g/mol. The molecule has 0 unspecified atom stereocenters. The van der Waals surface area contributed by atoms with E-state index >= 15 is 0 Å². The average Bonchev–Trinajstić information content (AvgIpc) is 2.68. The fourth-order valence-corrected chi connectivity index (χ4v) is 2.32. The Kier molecular flexibility index (Phi) is 5.76. The summed E-state index contributed by atoms with van der Waals surface area (Å²) in [6, 6.07) is 13.0. The Balaban J connectivity index is 1.53. The van der Waals surface area contributed by atoms with Crippen LogP contribution < -0.4 is 19.9 Å². The van der Waals surface area contributed by atoms with Crippen molar-refractivity contribution in [3.8, 4) is 17.4 Å². The highest BCUT2D eigenvalue weighted by Gasteiger charge is 2.05. The van der Waals surface area contributed by atoms with E-state index in [2.05, 4.69) is 9.97 Å². The van der Waals surface area contributed by atoms with Gasteiger partial charge in [-0.05, 0) is 23.8 Å². The molecule has 0 fully saturated rings. The first kappa shape index (κ1) is 17.8. The predicted molar refractivity (Wildman–Crippen MR) is 99.6 cm³/mol. The van der Waals surface area contributed by atoms with E-state index in [4.69, 9.17) is 31.5 Å². The normalized spacial score (nSPS) is 10.4. The lowest BCUT2D eigenvalue weighted by atomic mass is 10.2. The van der Waals surface area contributed by atoms with Crippen LogP contribution in [-0.4, -0.2) is 17.1 Å². The highest BCUT2D eigenvalue weighted by molar-refractivity contribution is 6.30. The first-order chi connectivity index (χ1) is 12.6. The van der Waals surface area contributed by atoms with E-state index in [0.29, 0.717) is 35.7 Å². The van der Waals surface area contributed by atoms with E-state index in [1.54, 1.807) is 25.4 Å². The van der Waals surface area contributed by atoms with E-state index in [0.717, 1.165) is 16.9 Å². The summed E-state index contributed by atoms with van der Waals surface area (Å²) < 4.78 is 16.4. The van der Waals surface area contributed by atoms with E-state index in [9.17, 15) is 0 Å². The first-order valence-corrected chi connectivity index (χ1v) is 8.26. The molecule has 0 saturated carbocycles. The first-order valence-electron chi connectivity index (χ1n) is 7.88. The van der Waals surface area contributed by atoms with Gasteiger partial charge in [0.1, 0.15) is 19.0 Å². The fraction of sp³-hybridized carbons (Fsp3) is 0.158. The Bertz CT molecular complexity index is 855. The lowest BCUT2D eigenvalue weighted by Crippen LogP contribution is -2.02. The molecule has 2 aromatic heterocycles. The van der Waals surface area contributed by atoms with E-state index in [1.807, 2.05) is 30.3 Å². The number of nitrogens with zero attached hydrogens (tertiary/aromatic N) is 2. The summed E-state index contributed by atoms with van der Waals surface area (Å²) in [5.41, 5.74) is 7.66. The van der Waals surface area contributed by atoms with Crippen LogP contribution in [0.5, 0.6) is 17.4 Å². The molecule has 26 heavy (non-hydrogen) atoms. The number of nitrogen functional groups attached to an aromatic ring is 1. The van der Waals surface area contributed by atoms with Gasteiger partial charge < -0.3 is 19.9 Å². The summed E-state index contributed by atoms with van der Waals surface area (Å²) in [6.07, 6.45) is 3.16. The minimum Gasteiger partial charge on any atom is -0.497 e. The van der Waals surface area contributed by atoms with E-state index in [1.165, 1.54) is 6.20 Å². The van der Waals surface area contributed by atoms with Crippen molar-refractivity contribution in [1.82, 2.24) is 9.97 Å². The van der Waals surface area contributed by atoms with Gasteiger partial charge in [-0.25, -0.2) is 9.97 Å². The van der Waals surface area contributed by atoms with Crippen LogP contribution in [0.15, 0.2) is 54.9 Å². The molecule has 0 spiro atoms. The maximum Gasteiger partial charge on any atom is 0.213 e. The number of pyridine rings is 2. The number of benzene rings is 1. The Morgan fingerprint density at radius 1 is 0.923 bits per heavy atom. The molecule has 0 saturated heterocycles.